The molecule has 3 atom stereocenters. The molecule has 2 heteroatoms. The summed E-state index contributed by atoms with van der Waals surface area (Å²) >= 11 is 0. The van der Waals surface area contributed by atoms with Gasteiger partial charge in [0.05, 0.1) is 0 Å². The van der Waals surface area contributed by atoms with Crippen molar-refractivity contribution in [3.05, 3.63) is 0 Å². The Morgan fingerprint density at radius 2 is 2.38 bits per heavy atom. The maximum atomic E-state index is 9.11. The Bertz CT molecular complexity index is 105. The van der Waals surface area contributed by atoms with Gasteiger partial charge >= 0.3 is 0 Å². The predicted octanol–water partition coefficient (Wildman–Crippen LogP) is -0.0658. The molecule has 2 rings (SSSR count). The second-order valence-electron chi connectivity index (χ2n) is 2.85. The van der Waals surface area contributed by atoms with Gasteiger partial charge in [-0.1, -0.05) is 0 Å². The number of rotatable bonds is 0. The lowest BCUT2D eigenvalue weighted by Crippen LogP contribution is -2.35. The Morgan fingerprint density at radius 1 is 1.50 bits per heavy atom. The van der Waals surface area contributed by atoms with Gasteiger partial charge in [-0.2, -0.15) is 0 Å². The topological polar surface area (TPSA) is 32.3 Å². The number of aliphatic hydroxyl groups excluding tert-OH is 1. The summed E-state index contributed by atoms with van der Waals surface area (Å²) in [7, 11) is 0. The van der Waals surface area contributed by atoms with Crippen LogP contribution in [-0.4, -0.2) is 17.9 Å². The Hall–Kier alpha value is -0.0800. The lowest BCUT2D eigenvalue weighted by molar-refractivity contribution is 0.0934. The van der Waals surface area contributed by atoms with Gasteiger partial charge in [0.2, 0.25) is 0 Å². The van der Waals surface area contributed by atoms with Gasteiger partial charge in [0.25, 0.3) is 0 Å². The van der Waals surface area contributed by atoms with Crippen LogP contribution in [0.25, 0.3) is 0 Å². The molecule has 0 aromatic heterocycles. The van der Waals surface area contributed by atoms with Gasteiger partial charge in [0, 0.05) is 5.92 Å². The van der Waals surface area contributed by atoms with Crippen LogP contribution in [0.1, 0.15) is 12.8 Å². The summed E-state index contributed by atoms with van der Waals surface area (Å²) in [5.74, 6) is 1.48. The van der Waals surface area contributed by atoms with E-state index >= 15 is 0 Å². The summed E-state index contributed by atoms with van der Waals surface area (Å²) in [5, 5.41) is 12.1. The molecule has 3 unspecified atom stereocenters. The van der Waals surface area contributed by atoms with Gasteiger partial charge in [0.15, 0.2) is 0 Å². The highest BCUT2D eigenvalue weighted by atomic mass is 16.3. The minimum Gasteiger partial charge on any atom is -0.378 e. The first kappa shape index (κ1) is 4.77. The molecule has 2 nitrogen and oxygen atoms in total. The van der Waals surface area contributed by atoms with Gasteiger partial charge in [-0.05, 0) is 25.3 Å². The van der Waals surface area contributed by atoms with Gasteiger partial charge in [-0.25, -0.2) is 0 Å². The van der Waals surface area contributed by atoms with Crippen molar-refractivity contribution >= 4 is 0 Å². The van der Waals surface area contributed by atoms with Crippen molar-refractivity contribution in [1.82, 2.24) is 5.32 Å². The molecule has 1 aliphatic carbocycles. The van der Waals surface area contributed by atoms with E-state index in [-0.39, 0.29) is 6.23 Å². The first-order valence-corrected chi connectivity index (χ1v) is 3.29. The highest BCUT2D eigenvalue weighted by Gasteiger charge is 2.44. The van der Waals surface area contributed by atoms with Crippen LogP contribution in [0.5, 0.6) is 0 Å². The SMILES string of the molecule is OC1NCCC2CC21. The molecule has 1 heterocycles. The molecule has 46 valence electrons. The van der Waals surface area contributed by atoms with Gasteiger partial charge < -0.3 is 5.11 Å². The summed E-state index contributed by atoms with van der Waals surface area (Å²) in [6, 6.07) is 0. The van der Waals surface area contributed by atoms with E-state index in [4.69, 9.17) is 5.11 Å². The molecular formula is C6H11NO. The van der Waals surface area contributed by atoms with Crippen LogP contribution in [0, 0.1) is 11.8 Å². The van der Waals surface area contributed by atoms with Crippen LogP contribution in [0.15, 0.2) is 0 Å². The van der Waals surface area contributed by atoms with Gasteiger partial charge in [0.1, 0.15) is 6.23 Å². The summed E-state index contributed by atoms with van der Waals surface area (Å²) in [6.45, 7) is 1.02. The fourth-order valence-electron chi connectivity index (χ4n) is 1.56. The van der Waals surface area contributed by atoms with Crippen LogP contribution in [0.4, 0.5) is 0 Å². The summed E-state index contributed by atoms with van der Waals surface area (Å²) in [6.07, 6.45) is 2.37. The number of hydrogen-bond donors (Lipinski definition) is 2. The number of nitrogens with one attached hydrogen (secondary N) is 1. The quantitative estimate of drug-likeness (QED) is 0.461. The van der Waals surface area contributed by atoms with Crippen LogP contribution in [-0.2, 0) is 0 Å². The number of hydrogen-bond acceptors (Lipinski definition) is 2. The molecule has 0 spiro atoms. The Labute approximate surface area is 48.9 Å². The molecule has 2 aliphatic rings. The Morgan fingerprint density at radius 3 is 3.00 bits per heavy atom. The van der Waals surface area contributed by atoms with Crippen LogP contribution in [0.2, 0.25) is 0 Å². The molecule has 2 N–H and O–H groups in total. The number of piperidine rings is 1. The minimum atomic E-state index is -0.172. The average Bonchev–Trinajstić information content (AvgIpc) is 2.45. The van der Waals surface area contributed by atoms with E-state index in [1.165, 1.54) is 12.8 Å². The Kier molecular flexibility index (Phi) is 0.866. The maximum absolute atomic E-state index is 9.11. The van der Waals surface area contributed by atoms with Crippen molar-refractivity contribution < 1.29 is 5.11 Å². The second kappa shape index (κ2) is 1.45. The van der Waals surface area contributed by atoms with Crippen molar-refractivity contribution in [3.63, 3.8) is 0 Å². The largest absolute Gasteiger partial charge is 0.378 e. The molecule has 8 heavy (non-hydrogen) atoms. The minimum absolute atomic E-state index is 0.172. The average molecular weight is 113 g/mol. The Balaban J connectivity index is 1.99. The van der Waals surface area contributed by atoms with Crippen LogP contribution in [0.3, 0.4) is 0 Å². The molecule has 0 radical (unpaired) electrons. The van der Waals surface area contributed by atoms with E-state index < -0.39 is 0 Å². The standard InChI is InChI=1S/C6H11NO/c8-6-5-3-4(5)1-2-7-6/h4-8H,1-3H2. The molecule has 2 fully saturated rings. The van der Waals surface area contributed by atoms with E-state index in [0.29, 0.717) is 5.92 Å². The molecule has 1 saturated carbocycles. The van der Waals surface area contributed by atoms with Crippen molar-refractivity contribution in [2.75, 3.05) is 6.54 Å². The van der Waals surface area contributed by atoms with E-state index in [0.717, 1.165) is 12.5 Å². The highest BCUT2D eigenvalue weighted by molar-refractivity contribution is 4.94. The highest BCUT2D eigenvalue weighted by Crippen LogP contribution is 2.44. The number of aliphatic hydroxyl groups is 1. The maximum Gasteiger partial charge on any atom is 0.108 e. The third-order valence-electron chi connectivity index (χ3n) is 2.25. The zero-order chi connectivity index (χ0) is 5.56. The van der Waals surface area contributed by atoms with E-state index in [1.807, 2.05) is 0 Å². The second-order valence-corrected chi connectivity index (χ2v) is 2.85. The van der Waals surface area contributed by atoms with Crippen molar-refractivity contribution in [3.8, 4) is 0 Å². The normalized spacial score (nSPS) is 52.9. The molecule has 0 aromatic rings. The molecule has 0 bridgehead atoms. The van der Waals surface area contributed by atoms with Crippen molar-refractivity contribution in [2.24, 2.45) is 11.8 Å². The molecule has 1 aliphatic heterocycles. The fourth-order valence-corrected chi connectivity index (χ4v) is 1.56. The smallest absolute Gasteiger partial charge is 0.108 e. The van der Waals surface area contributed by atoms with E-state index in [2.05, 4.69) is 5.32 Å². The number of fused-ring (bicyclic) bond motifs is 1. The summed E-state index contributed by atoms with van der Waals surface area (Å²) in [5.41, 5.74) is 0. The zero-order valence-corrected chi connectivity index (χ0v) is 4.80. The molecule has 1 saturated heterocycles. The molecular weight excluding hydrogens is 102 g/mol. The van der Waals surface area contributed by atoms with Gasteiger partial charge in [-0.15, -0.1) is 0 Å². The molecule has 0 aromatic carbocycles. The lowest BCUT2D eigenvalue weighted by Gasteiger charge is -2.16. The van der Waals surface area contributed by atoms with Crippen molar-refractivity contribution in [2.45, 2.75) is 19.1 Å². The first-order valence-electron chi connectivity index (χ1n) is 3.29. The van der Waals surface area contributed by atoms with E-state index in [9.17, 15) is 0 Å². The first-order chi connectivity index (χ1) is 3.88. The van der Waals surface area contributed by atoms with Crippen molar-refractivity contribution in [1.29, 1.82) is 0 Å². The summed E-state index contributed by atoms with van der Waals surface area (Å²) < 4.78 is 0. The molecule has 0 amide bonds. The predicted molar refractivity (Wildman–Crippen MR) is 30.2 cm³/mol. The van der Waals surface area contributed by atoms with Crippen LogP contribution >= 0.6 is 0 Å². The third kappa shape index (κ3) is 0.565. The summed E-state index contributed by atoms with van der Waals surface area (Å²) in [4.78, 5) is 0. The third-order valence-corrected chi connectivity index (χ3v) is 2.25. The fraction of sp³-hybridized carbons (Fsp3) is 1.00. The van der Waals surface area contributed by atoms with Gasteiger partial charge in [-0.3, -0.25) is 5.32 Å². The monoisotopic (exact) mass is 113 g/mol. The van der Waals surface area contributed by atoms with E-state index in [1.54, 1.807) is 0 Å². The van der Waals surface area contributed by atoms with Crippen LogP contribution < -0.4 is 5.32 Å². The lowest BCUT2D eigenvalue weighted by atomic mass is 10.1. The zero-order valence-electron chi connectivity index (χ0n) is 4.80.